The molecule has 0 aliphatic rings. The van der Waals surface area contributed by atoms with Crippen molar-refractivity contribution in [1.29, 1.82) is 0 Å². The molecule has 1 heterocycles. The summed E-state index contributed by atoms with van der Waals surface area (Å²) < 4.78 is 24.3. The Hall–Kier alpha value is -2.22. The largest absolute Gasteiger partial charge is 0.771 e. The Bertz CT molecular complexity index is 1020. The van der Waals surface area contributed by atoms with Crippen LogP contribution in [0.5, 0.6) is 0 Å². The number of benzene rings is 2. The maximum atomic E-state index is 12.5. The highest BCUT2D eigenvalue weighted by molar-refractivity contribution is 7.79. The first-order valence-electron chi connectivity index (χ1n) is 8.50. The molecular formula is C19H19ClN3O3S-. The number of imidazole rings is 1. The van der Waals surface area contributed by atoms with E-state index in [1.165, 1.54) is 0 Å². The minimum atomic E-state index is -2.37. The number of aromatic nitrogens is 2. The fraction of sp³-hybridized carbons (Fsp3) is 0.263. The van der Waals surface area contributed by atoms with Crippen molar-refractivity contribution < 1.29 is 13.6 Å². The molecule has 3 aromatic rings. The van der Waals surface area contributed by atoms with Crippen LogP contribution in [0, 0.1) is 6.92 Å². The monoisotopic (exact) mass is 404 g/mol. The molecule has 1 amide bonds. The van der Waals surface area contributed by atoms with Crippen molar-refractivity contribution in [2.75, 3.05) is 0 Å². The minimum Gasteiger partial charge on any atom is -0.771 e. The Labute approximate surface area is 164 Å². The molecule has 1 N–H and O–H groups in total. The lowest BCUT2D eigenvalue weighted by atomic mass is 10.1. The van der Waals surface area contributed by atoms with E-state index < -0.39 is 22.4 Å². The number of carbonyl (C=O) groups excluding carboxylic acids is 1. The lowest BCUT2D eigenvalue weighted by Crippen LogP contribution is -2.37. The number of nitrogens with zero attached hydrogens (tertiary/aromatic N) is 2. The number of nitrogens with one attached hydrogen (secondary N) is 1. The second-order valence-electron chi connectivity index (χ2n) is 6.17. The van der Waals surface area contributed by atoms with Gasteiger partial charge in [0, 0.05) is 10.6 Å². The maximum absolute atomic E-state index is 12.5. The highest BCUT2D eigenvalue weighted by Gasteiger charge is 2.16. The van der Waals surface area contributed by atoms with E-state index >= 15 is 0 Å². The smallest absolute Gasteiger partial charge is 0.252 e. The average molecular weight is 405 g/mol. The lowest BCUT2D eigenvalue weighted by molar-refractivity contribution is 0.0947. The molecular weight excluding hydrogens is 386 g/mol. The van der Waals surface area contributed by atoms with Gasteiger partial charge in [-0.2, -0.15) is 0 Å². The predicted octanol–water partition coefficient (Wildman–Crippen LogP) is 3.39. The number of rotatable bonds is 6. The number of hydrogen-bond donors (Lipinski definition) is 1. The summed E-state index contributed by atoms with van der Waals surface area (Å²) in [5.41, 5.74) is 2.88. The van der Waals surface area contributed by atoms with Gasteiger partial charge in [0.2, 0.25) is 0 Å². The molecule has 1 aromatic heterocycles. The summed E-state index contributed by atoms with van der Waals surface area (Å²) in [6.45, 7) is 4.12. The van der Waals surface area contributed by atoms with Crippen LogP contribution in [-0.2, 0) is 17.6 Å². The second-order valence-corrected chi connectivity index (χ2v) is 7.67. The van der Waals surface area contributed by atoms with Crippen molar-refractivity contribution in [2.45, 2.75) is 32.2 Å². The van der Waals surface area contributed by atoms with E-state index in [4.69, 9.17) is 11.6 Å². The molecule has 0 aliphatic carbocycles. The van der Waals surface area contributed by atoms with Crippen molar-refractivity contribution >= 4 is 39.6 Å². The van der Waals surface area contributed by atoms with Crippen LogP contribution >= 0.6 is 11.6 Å². The number of fused-ring (bicyclic) bond motifs is 1. The van der Waals surface area contributed by atoms with E-state index in [1.807, 2.05) is 35.8 Å². The molecule has 0 bridgehead atoms. The number of halogens is 1. The first-order chi connectivity index (χ1) is 12.9. The summed E-state index contributed by atoms with van der Waals surface area (Å²) in [6.07, 6.45) is 0.299. The van der Waals surface area contributed by atoms with Gasteiger partial charge in [0.25, 0.3) is 5.91 Å². The summed E-state index contributed by atoms with van der Waals surface area (Å²) in [4.78, 5) is 17.0. The molecule has 0 saturated carbocycles. The van der Waals surface area contributed by atoms with Gasteiger partial charge in [0.15, 0.2) is 0 Å². The molecule has 6 nitrogen and oxygen atoms in total. The molecule has 27 heavy (non-hydrogen) atoms. The van der Waals surface area contributed by atoms with Gasteiger partial charge in [0.1, 0.15) is 5.82 Å². The quantitative estimate of drug-likeness (QED) is 0.638. The van der Waals surface area contributed by atoms with Crippen molar-refractivity contribution in [3.05, 3.63) is 64.4 Å². The second kappa shape index (κ2) is 8.21. The SMILES string of the molecule is CCC(NC(=O)c1ccc2nc(C)n(Cc3ccccc3Cl)c2c1)S(=O)[O-]. The van der Waals surface area contributed by atoms with Crippen LogP contribution < -0.4 is 5.32 Å². The molecule has 142 valence electrons. The topological polar surface area (TPSA) is 87.0 Å². The third-order valence-electron chi connectivity index (χ3n) is 4.38. The van der Waals surface area contributed by atoms with Crippen molar-refractivity contribution in [1.82, 2.24) is 14.9 Å². The predicted molar refractivity (Wildman–Crippen MR) is 105 cm³/mol. The van der Waals surface area contributed by atoms with Crippen LogP contribution in [0.3, 0.4) is 0 Å². The van der Waals surface area contributed by atoms with Crippen molar-refractivity contribution in [3.8, 4) is 0 Å². The van der Waals surface area contributed by atoms with Gasteiger partial charge in [-0.25, -0.2) is 4.98 Å². The van der Waals surface area contributed by atoms with E-state index in [0.29, 0.717) is 23.6 Å². The number of hydrogen-bond acceptors (Lipinski definition) is 4. The molecule has 0 saturated heterocycles. The first kappa shape index (κ1) is 19.5. The average Bonchev–Trinajstić information content (AvgIpc) is 2.95. The van der Waals surface area contributed by atoms with Gasteiger partial charge in [-0.3, -0.25) is 9.00 Å². The summed E-state index contributed by atoms with van der Waals surface area (Å²) in [6, 6.07) is 12.7. The minimum absolute atomic E-state index is 0.299. The lowest BCUT2D eigenvalue weighted by Gasteiger charge is -2.19. The summed E-state index contributed by atoms with van der Waals surface area (Å²) in [5.74, 6) is 0.366. The van der Waals surface area contributed by atoms with Crippen molar-refractivity contribution in [2.24, 2.45) is 0 Å². The molecule has 2 atom stereocenters. The fourth-order valence-electron chi connectivity index (χ4n) is 2.90. The summed E-state index contributed by atoms with van der Waals surface area (Å²) >= 11 is 3.90. The van der Waals surface area contributed by atoms with E-state index in [-0.39, 0.29) is 0 Å². The summed E-state index contributed by atoms with van der Waals surface area (Å²) in [5, 5.41) is 2.28. The van der Waals surface area contributed by atoms with Crippen LogP contribution in [0.25, 0.3) is 11.0 Å². The maximum Gasteiger partial charge on any atom is 0.252 e. The number of aryl methyl sites for hydroxylation is 1. The Balaban J connectivity index is 1.96. The summed E-state index contributed by atoms with van der Waals surface area (Å²) in [7, 11) is 0. The number of carbonyl (C=O) groups is 1. The Morgan fingerprint density at radius 2 is 2.07 bits per heavy atom. The molecule has 3 rings (SSSR count). The molecule has 8 heteroatoms. The van der Waals surface area contributed by atoms with E-state index in [0.717, 1.165) is 22.4 Å². The Morgan fingerprint density at radius 1 is 1.33 bits per heavy atom. The number of amides is 1. The molecule has 0 radical (unpaired) electrons. The third kappa shape index (κ3) is 4.21. The highest BCUT2D eigenvalue weighted by Crippen LogP contribution is 2.22. The third-order valence-corrected chi connectivity index (χ3v) is 5.67. The van der Waals surface area contributed by atoms with Gasteiger partial charge in [-0.05, 0) is 54.3 Å². The van der Waals surface area contributed by atoms with E-state index in [1.54, 1.807) is 25.1 Å². The van der Waals surface area contributed by atoms with Gasteiger partial charge in [0.05, 0.1) is 23.0 Å². The van der Waals surface area contributed by atoms with Gasteiger partial charge < -0.3 is 14.4 Å². The fourth-order valence-corrected chi connectivity index (χ4v) is 3.57. The van der Waals surface area contributed by atoms with E-state index in [2.05, 4.69) is 10.3 Å². The normalized spacial score (nSPS) is 13.5. The molecule has 0 aliphatic heterocycles. The van der Waals surface area contributed by atoms with Crippen LogP contribution in [-0.4, -0.2) is 29.6 Å². The van der Waals surface area contributed by atoms with Crippen LogP contribution in [0.1, 0.15) is 35.1 Å². The molecule has 0 fully saturated rings. The standard InChI is InChI=1S/C19H20ClN3O3S/c1-3-18(27(25)26)22-19(24)13-8-9-16-17(10-13)23(12(2)21-16)11-14-6-4-5-7-15(14)20/h4-10,18H,3,11H2,1-2H3,(H,22,24)(H,25,26)/p-1. The van der Waals surface area contributed by atoms with Crippen LogP contribution in [0.15, 0.2) is 42.5 Å². The zero-order valence-corrected chi connectivity index (χ0v) is 16.5. The molecule has 2 aromatic carbocycles. The van der Waals surface area contributed by atoms with Gasteiger partial charge >= 0.3 is 0 Å². The molecule has 2 unspecified atom stereocenters. The Morgan fingerprint density at radius 3 is 2.74 bits per heavy atom. The highest BCUT2D eigenvalue weighted by atomic mass is 35.5. The van der Waals surface area contributed by atoms with Crippen molar-refractivity contribution in [3.63, 3.8) is 0 Å². The molecule has 0 spiro atoms. The zero-order valence-electron chi connectivity index (χ0n) is 14.9. The Kier molecular flexibility index (Phi) is 5.94. The van der Waals surface area contributed by atoms with Crippen LogP contribution in [0.4, 0.5) is 0 Å². The van der Waals surface area contributed by atoms with Crippen LogP contribution in [0.2, 0.25) is 5.02 Å². The van der Waals surface area contributed by atoms with Gasteiger partial charge in [-0.1, -0.05) is 36.7 Å². The van der Waals surface area contributed by atoms with E-state index in [9.17, 15) is 13.6 Å². The zero-order chi connectivity index (χ0) is 19.6. The first-order valence-corrected chi connectivity index (χ1v) is 10.0. The van der Waals surface area contributed by atoms with Gasteiger partial charge in [-0.15, -0.1) is 0 Å².